The minimum Gasteiger partial charge on any atom is -0.299 e. The second-order valence-corrected chi connectivity index (χ2v) is 3.83. The highest BCUT2D eigenvalue weighted by Crippen LogP contribution is 2.13. The van der Waals surface area contributed by atoms with Crippen molar-refractivity contribution in [1.82, 2.24) is 24.7 Å². The number of nitrogens with one attached hydrogen (secondary N) is 1. The van der Waals surface area contributed by atoms with Crippen LogP contribution >= 0.6 is 12.2 Å². The van der Waals surface area contributed by atoms with E-state index in [1.165, 1.54) is 0 Å². The average molecular weight is 235 g/mol. The minimum atomic E-state index is 0.633. The molecule has 2 rings (SSSR count). The van der Waals surface area contributed by atoms with Crippen LogP contribution in [0.3, 0.4) is 0 Å². The van der Waals surface area contributed by atoms with E-state index >= 15 is 0 Å². The lowest BCUT2D eigenvalue weighted by Crippen LogP contribution is -2.01. The molecule has 0 aliphatic rings. The molecular formula is C10H13N5S. The molecular weight excluding hydrogens is 222 g/mol. The molecule has 0 aromatic carbocycles. The van der Waals surface area contributed by atoms with Crippen molar-refractivity contribution in [3.8, 4) is 11.5 Å². The Bertz CT molecular complexity index is 501. The van der Waals surface area contributed by atoms with Gasteiger partial charge in [0.25, 0.3) is 0 Å². The van der Waals surface area contributed by atoms with Gasteiger partial charge in [-0.3, -0.25) is 14.6 Å². The van der Waals surface area contributed by atoms with Crippen molar-refractivity contribution in [2.24, 2.45) is 0 Å². The SMILES string of the molecule is CCCCn1c(-c2cnccn2)n[nH]c1=S. The van der Waals surface area contributed by atoms with Crippen molar-refractivity contribution in [2.75, 3.05) is 0 Å². The van der Waals surface area contributed by atoms with Gasteiger partial charge in [0.05, 0.1) is 6.20 Å². The zero-order valence-electron chi connectivity index (χ0n) is 9.05. The van der Waals surface area contributed by atoms with Gasteiger partial charge in [0.2, 0.25) is 0 Å². The Hall–Kier alpha value is -1.56. The summed E-state index contributed by atoms with van der Waals surface area (Å²) in [5.41, 5.74) is 0.742. The maximum absolute atomic E-state index is 5.18. The van der Waals surface area contributed by atoms with E-state index in [0.29, 0.717) is 4.77 Å². The molecule has 0 amide bonds. The van der Waals surface area contributed by atoms with Crippen LogP contribution in [0.2, 0.25) is 0 Å². The normalized spacial score (nSPS) is 10.6. The molecule has 5 nitrogen and oxygen atoms in total. The zero-order valence-corrected chi connectivity index (χ0v) is 9.87. The summed E-state index contributed by atoms with van der Waals surface area (Å²) in [5, 5.41) is 6.97. The predicted octanol–water partition coefficient (Wildman–Crippen LogP) is 2.20. The zero-order chi connectivity index (χ0) is 11.4. The van der Waals surface area contributed by atoms with Gasteiger partial charge in [-0.2, -0.15) is 5.10 Å². The monoisotopic (exact) mass is 235 g/mol. The summed E-state index contributed by atoms with van der Waals surface area (Å²) in [6.45, 7) is 3.00. The van der Waals surface area contributed by atoms with Crippen molar-refractivity contribution in [2.45, 2.75) is 26.3 Å². The molecule has 16 heavy (non-hydrogen) atoms. The Morgan fingerprint density at radius 2 is 2.31 bits per heavy atom. The third-order valence-electron chi connectivity index (χ3n) is 2.29. The first-order valence-corrected chi connectivity index (χ1v) is 5.65. The molecule has 6 heteroatoms. The fourth-order valence-corrected chi connectivity index (χ4v) is 1.67. The van der Waals surface area contributed by atoms with Crippen LogP contribution in [-0.2, 0) is 6.54 Å². The molecule has 0 bridgehead atoms. The lowest BCUT2D eigenvalue weighted by Gasteiger charge is -2.04. The van der Waals surface area contributed by atoms with E-state index in [9.17, 15) is 0 Å². The van der Waals surface area contributed by atoms with E-state index in [1.807, 2.05) is 4.57 Å². The smallest absolute Gasteiger partial charge is 0.195 e. The maximum Gasteiger partial charge on any atom is 0.195 e. The van der Waals surface area contributed by atoms with Gasteiger partial charge >= 0.3 is 0 Å². The number of aromatic nitrogens is 5. The average Bonchev–Trinajstić information content (AvgIpc) is 2.69. The first kappa shape index (κ1) is 10.9. The summed E-state index contributed by atoms with van der Waals surface area (Å²) < 4.78 is 2.59. The first-order chi connectivity index (χ1) is 7.83. The van der Waals surface area contributed by atoms with E-state index in [2.05, 4.69) is 27.1 Å². The first-order valence-electron chi connectivity index (χ1n) is 5.24. The van der Waals surface area contributed by atoms with E-state index in [-0.39, 0.29) is 0 Å². The molecule has 2 aromatic rings. The largest absolute Gasteiger partial charge is 0.299 e. The number of aromatic amines is 1. The van der Waals surface area contributed by atoms with Crippen LogP contribution in [0.4, 0.5) is 0 Å². The van der Waals surface area contributed by atoms with Gasteiger partial charge in [-0.25, -0.2) is 4.98 Å². The fourth-order valence-electron chi connectivity index (χ4n) is 1.45. The second-order valence-electron chi connectivity index (χ2n) is 3.45. The van der Waals surface area contributed by atoms with Crippen LogP contribution in [0, 0.1) is 4.77 Å². The predicted molar refractivity (Wildman–Crippen MR) is 63.3 cm³/mol. The molecule has 0 atom stereocenters. The van der Waals surface area contributed by atoms with Gasteiger partial charge in [0.1, 0.15) is 5.69 Å². The summed E-state index contributed by atoms with van der Waals surface area (Å²) in [6, 6.07) is 0. The number of unbranched alkanes of at least 4 members (excludes halogenated alkanes) is 1. The molecule has 0 aliphatic carbocycles. The standard InChI is InChI=1S/C10H13N5S/c1-2-3-6-15-9(13-14-10(15)16)8-7-11-4-5-12-8/h4-5,7H,2-3,6H2,1H3,(H,14,16). The summed E-state index contributed by atoms with van der Waals surface area (Å²) in [6.07, 6.45) is 7.17. The molecule has 0 aliphatic heterocycles. The van der Waals surface area contributed by atoms with Crippen LogP contribution in [0.25, 0.3) is 11.5 Å². The lowest BCUT2D eigenvalue weighted by atomic mass is 10.3. The summed E-state index contributed by atoms with van der Waals surface area (Å²) in [4.78, 5) is 8.25. The van der Waals surface area contributed by atoms with Crippen molar-refractivity contribution in [3.63, 3.8) is 0 Å². The fraction of sp³-hybridized carbons (Fsp3) is 0.400. The van der Waals surface area contributed by atoms with Crippen LogP contribution in [0.5, 0.6) is 0 Å². The third-order valence-corrected chi connectivity index (χ3v) is 2.60. The van der Waals surface area contributed by atoms with E-state index < -0.39 is 0 Å². The number of rotatable bonds is 4. The molecule has 1 N–H and O–H groups in total. The topological polar surface area (TPSA) is 59.4 Å². The molecule has 0 saturated carbocycles. The summed E-state index contributed by atoms with van der Waals surface area (Å²) >= 11 is 5.18. The third kappa shape index (κ3) is 2.16. The molecule has 0 fully saturated rings. The van der Waals surface area contributed by atoms with Gasteiger partial charge < -0.3 is 0 Å². The van der Waals surface area contributed by atoms with Crippen LogP contribution in [0.15, 0.2) is 18.6 Å². The maximum atomic E-state index is 5.18. The van der Waals surface area contributed by atoms with Gasteiger partial charge in [-0.15, -0.1) is 0 Å². The molecule has 84 valence electrons. The molecule has 2 heterocycles. The minimum absolute atomic E-state index is 0.633. The second kappa shape index (κ2) is 4.98. The van der Waals surface area contributed by atoms with Gasteiger partial charge in [0, 0.05) is 18.9 Å². The Kier molecular flexibility index (Phi) is 3.40. The molecule has 0 unspecified atom stereocenters. The van der Waals surface area contributed by atoms with E-state index in [0.717, 1.165) is 30.9 Å². The molecule has 0 radical (unpaired) electrons. The number of nitrogens with zero attached hydrogens (tertiary/aromatic N) is 4. The van der Waals surface area contributed by atoms with Gasteiger partial charge in [-0.1, -0.05) is 13.3 Å². The van der Waals surface area contributed by atoms with Crippen molar-refractivity contribution < 1.29 is 0 Å². The Labute approximate surface area is 98.6 Å². The quantitative estimate of drug-likeness (QED) is 0.825. The highest BCUT2D eigenvalue weighted by molar-refractivity contribution is 7.71. The van der Waals surface area contributed by atoms with E-state index in [4.69, 9.17) is 12.2 Å². The summed E-state index contributed by atoms with van der Waals surface area (Å²) in [5.74, 6) is 0.756. The molecule has 0 spiro atoms. The van der Waals surface area contributed by atoms with Crippen molar-refractivity contribution in [3.05, 3.63) is 23.4 Å². The Morgan fingerprint density at radius 3 is 3.00 bits per heavy atom. The van der Waals surface area contributed by atoms with Crippen molar-refractivity contribution in [1.29, 1.82) is 0 Å². The highest BCUT2D eigenvalue weighted by atomic mass is 32.1. The summed E-state index contributed by atoms with van der Waals surface area (Å²) in [7, 11) is 0. The Balaban J connectivity index is 2.38. The number of H-pyrrole nitrogens is 1. The van der Waals surface area contributed by atoms with Crippen LogP contribution < -0.4 is 0 Å². The van der Waals surface area contributed by atoms with Gasteiger partial charge in [-0.05, 0) is 18.6 Å². The highest BCUT2D eigenvalue weighted by Gasteiger charge is 2.09. The molecule has 2 aromatic heterocycles. The lowest BCUT2D eigenvalue weighted by molar-refractivity contribution is 0.628. The number of hydrogen-bond acceptors (Lipinski definition) is 4. The van der Waals surface area contributed by atoms with Crippen LogP contribution in [0.1, 0.15) is 19.8 Å². The van der Waals surface area contributed by atoms with Gasteiger partial charge in [0.15, 0.2) is 10.6 Å². The number of hydrogen-bond donors (Lipinski definition) is 1. The van der Waals surface area contributed by atoms with Crippen molar-refractivity contribution >= 4 is 12.2 Å². The Morgan fingerprint density at radius 1 is 1.44 bits per heavy atom. The van der Waals surface area contributed by atoms with Crippen LogP contribution in [-0.4, -0.2) is 24.7 Å². The van der Waals surface area contributed by atoms with E-state index in [1.54, 1.807) is 18.6 Å². The molecule has 0 saturated heterocycles.